The summed E-state index contributed by atoms with van der Waals surface area (Å²) >= 11 is 0. The maximum absolute atomic E-state index is 9.52. The summed E-state index contributed by atoms with van der Waals surface area (Å²) < 4.78 is 13.0. The van der Waals surface area contributed by atoms with Crippen molar-refractivity contribution < 1.29 is 8.83 Å². The highest BCUT2D eigenvalue weighted by atomic mass is 16.3. The van der Waals surface area contributed by atoms with Gasteiger partial charge in [-0.2, -0.15) is 10.5 Å². The lowest BCUT2D eigenvalue weighted by atomic mass is 9.91. The van der Waals surface area contributed by atoms with Gasteiger partial charge in [0.1, 0.15) is 22.3 Å². The molecule has 0 spiro atoms. The Bertz CT molecular complexity index is 3280. The second-order valence-corrected chi connectivity index (χ2v) is 14.3. The van der Waals surface area contributed by atoms with Crippen LogP contribution in [0.2, 0.25) is 0 Å². The predicted molar refractivity (Wildman–Crippen MR) is 227 cm³/mol. The molecule has 9 aromatic carbocycles. The summed E-state index contributed by atoms with van der Waals surface area (Å²) in [7, 11) is 0. The van der Waals surface area contributed by atoms with Crippen molar-refractivity contribution in [1.29, 1.82) is 10.5 Å². The molecule has 0 bridgehead atoms. The minimum Gasteiger partial charge on any atom is -0.456 e. The highest BCUT2D eigenvalue weighted by molar-refractivity contribution is 6.17. The lowest BCUT2D eigenvalue weighted by Crippen LogP contribution is -1.87. The number of furan rings is 2. The first-order valence-electron chi connectivity index (χ1n) is 18.5. The molecule has 11 rings (SSSR count). The molecular formula is C52H28N2O2. The van der Waals surface area contributed by atoms with Crippen LogP contribution in [-0.2, 0) is 0 Å². The SMILES string of the molecule is N#Cc1cccc(-c2ccc(-c3ccc4oc5cc6c(cc5c4c3)oc3ccc(-c4ccc(-c5cccc(C#N)c5)c5ccccc45)cc36)c3ccccc23)c1. The predicted octanol–water partition coefficient (Wildman–Crippen LogP) is 14.2. The fraction of sp³-hybridized carbons (Fsp3) is 0. The third-order valence-electron chi connectivity index (χ3n) is 11.1. The molecule has 0 atom stereocenters. The van der Waals surface area contributed by atoms with Crippen molar-refractivity contribution in [3.8, 4) is 56.6 Å². The maximum atomic E-state index is 9.52. The van der Waals surface area contributed by atoms with Crippen LogP contribution in [-0.4, -0.2) is 0 Å². The number of hydrogen-bond donors (Lipinski definition) is 0. The molecule has 0 aliphatic rings. The van der Waals surface area contributed by atoms with Crippen molar-refractivity contribution in [1.82, 2.24) is 0 Å². The van der Waals surface area contributed by atoms with Crippen molar-refractivity contribution in [3.63, 3.8) is 0 Å². The first kappa shape index (κ1) is 31.6. The Labute approximate surface area is 321 Å². The standard InChI is InChI=1S/C52H28N2O2/c53-29-31-7-5-9-33(23-31)37-17-19-39(43-13-3-1-11-41(37)43)35-15-21-49-45(25-35)47-27-52-48(28-51(47)55-49)46-26-36(16-22-50(46)56-52)40-20-18-38(42-12-2-4-14-44(40)42)34-10-6-8-32(24-34)30-54/h1-28H. The van der Waals surface area contributed by atoms with Crippen LogP contribution in [0.25, 0.3) is 110 Å². The van der Waals surface area contributed by atoms with E-state index in [1.165, 1.54) is 0 Å². The zero-order valence-corrected chi connectivity index (χ0v) is 29.9. The van der Waals surface area contributed by atoms with Crippen molar-refractivity contribution in [3.05, 3.63) is 181 Å². The van der Waals surface area contributed by atoms with E-state index < -0.39 is 0 Å². The molecule has 11 aromatic rings. The molecule has 4 nitrogen and oxygen atoms in total. The van der Waals surface area contributed by atoms with Gasteiger partial charge in [0.05, 0.1) is 23.3 Å². The van der Waals surface area contributed by atoms with Gasteiger partial charge in [0.2, 0.25) is 0 Å². The molecule has 0 aliphatic carbocycles. The van der Waals surface area contributed by atoms with Gasteiger partial charge in [-0.3, -0.25) is 0 Å². The average molecular weight is 713 g/mol. The van der Waals surface area contributed by atoms with Crippen molar-refractivity contribution in [2.24, 2.45) is 0 Å². The van der Waals surface area contributed by atoms with Gasteiger partial charge in [-0.15, -0.1) is 0 Å². The summed E-state index contributed by atoms with van der Waals surface area (Å²) in [4.78, 5) is 0. The van der Waals surface area contributed by atoms with Crippen LogP contribution in [0.5, 0.6) is 0 Å². The third-order valence-corrected chi connectivity index (χ3v) is 11.1. The van der Waals surface area contributed by atoms with Crippen LogP contribution in [0.1, 0.15) is 11.1 Å². The number of nitriles is 2. The van der Waals surface area contributed by atoms with Gasteiger partial charge >= 0.3 is 0 Å². The average Bonchev–Trinajstić information content (AvgIpc) is 3.81. The lowest BCUT2D eigenvalue weighted by molar-refractivity contribution is 0.664. The Morgan fingerprint density at radius 1 is 0.286 bits per heavy atom. The van der Waals surface area contributed by atoms with E-state index in [1.54, 1.807) is 0 Å². The molecule has 0 N–H and O–H groups in total. The van der Waals surface area contributed by atoms with Crippen LogP contribution in [0.15, 0.2) is 179 Å². The van der Waals surface area contributed by atoms with Crippen LogP contribution in [0, 0.1) is 22.7 Å². The zero-order chi connectivity index (χ0) is 37.3. The highest BCUT2D eigenvalue weighted by Gasteiger charge is 2.17. The zero-order valence-electron chi connectivity index (χ0n) is 29.9. The molecule has 56 heavy (non-hydrogen) atoms. The molecule has 0 radical (unpaired) electrons. The van der Waals surface area contributed by atoms with E-state index in [9.17, 15) is 10.5 Å². The van der Waals surface area contributed by atoms with E-state index in [4.69, 9.17) is 8.83 Å². The van der Waals surface area contributed by atoms with Gasteiger partial charge in [-0.05, 0) is 127 Å². The van der Waals surface area contributed by atoms with Gasteiger partial charge in [-0.25, -0.2) is 0 Å². The van der Waals surface area contributed by atoms with E-state index in [-0.39, 0.29) is 0 Å². The van der Waals surface area contributed by atoms with E-state index >= 15 is 0 Å². The fourth-order valence-electron chi connectivity index (χ4n) is 8.50. The van der Waals surface area contributed by atoms with Crippen LogP contribution >= 0.6 is 0 Å². The summed E-state index contributed by atoms with van der Waals surface area (Å²) in [5, 5.41) is 27.7. The Kier molecular flexibility index (Phi) is 6.95. The minimum atomic E-state index is 0.645. The molecule has 0 saturated heterocycles. The van der Waals surface area contributed by atoms with E-state index in [1.807, 2.05) is 36.4 Å². The first-order chi connectivity index (χ1) is 27.6. The van der Waals surface area contributed by atoms with E-state index in [2.05, 4.69) is 146 Å². The maximum Gasteiger partial charge on any atom is 0.136 e. The van der Waals surface area contributed by atoms with E-state index in [0.717, 1.165) is 110 Å². The number of nitrogens with zero attached hydrogens (tertiary/aromatic N) is 2. The summed E-state index contributed by atoms with van der Waals surface area (Å²) in [6.45, 7) is 0. The van der Waals surface area contributed by atoms with Gasteiger partial charge in [-0.1, -0.05) is 109 Å². The topological polar surface area (TPSA) is 73.9 Å². The first-order valence-corrected chi connectivity index (χ1v) is 18.5. The second-order valence-electron chi connectivity index (χ2n) is 14.3. The molecule has 0 fully saturated rings. The Morgan fingerprint density at radius 2 is 0.643 bits per heavy atom. The van der Waals surface area contributed by atoms with Gasteiger partial charge < -0.3 is 8.83 Å². The normalized spacial score (nSPS) is 11.5. The van der Waals surface area contributed by atoms with E-state index in [0.29, 0.717) is 11.1 Å². The summed E-state index contributed by atoms with van der Waals surface area (Å²) in [5.41, 5.74) is 13.2. The molecular weight excluding hydrogens is 685 g/mol. The van der Waals surface area contributed by atoms with Crippen LogP contribution < -0.4 is 0 Å². The molecule has 0 unspecified atom stereocenters. The van der Waals surface area contributed by atoms with Crippen molar-refractivity contribution in [2.45, 2.75) is 0 Å². The molecule has 4 heteroatoms. The summed E-state index contributed by atoms with van der Waals surface area (Å²) in [6, 6.07) is 62.7. The fourth-order valence-corrected chi connectivity index (χ4v) is 8.50. The molecule has 2 aromatic heterocycles. The molecule has 2 heterocycles. The van der Waals surface area contributed by atoms with Crippen molar-refractivity contribution >= 4 is 65.4 Å². The molecule has 0 saturated carbocycles. The van der Waals surface area contributed by atoms with Gasteiger partial charge in [0.25, 0.3) is 0 Å². The smallest absolute Gasteiger partial charge is 0.136 e. The Morgan fingerprint density at radius 3 is 1.02 bits per heavy atom. The van der Waals surface area contributed by atoms with Gasteiger partial charge in [0.15, 0.2) is 0 Å². The number of hydrogen-bond acceptors (Lipinski definition) is 4. The number of rotatable bonds is 4. The molecule has 258 valence electrons. The number of fused-ring (bicyclic) bond motifs is 8. The highest BCUT2D eigenvalue weighted by Crippen LogP contribution is 2.42. The van der Waals surface area contributed by atoms with Crippen molar-refractivity contribution in [2.75, 3.05) is 0 Å². The lowest BCUT2D eigenvalue weighted by Gasteiger charge is -2.12. The molecule has 0 amide bonds. The monoisotopic (exact) mass is 712 g/mol. The molecule has 0 aliphatic heterocycles. The van der Waals surface area contributed by atoms with Gasteiger partial charge in [0, 0.05) is 21.5 Å². The van der Waals surface area contributed by atoms with Crippen LogP contribution in [0.3, 0.4) is 0 Å². The minimum absolute atomic E-state index is 0.645. The Balaban J connectivity index is 1.02. The largest absolute Gasteiger partial charge is 0.456 e. The third kappa shape index (κ3) is 4.91. The summed E-state index contributed by atoms with van der Waals surface area (Å²) in [5.74, 6) is 0. The van der Waals surface area contributed by atoms with Crippen LogP contribution in [0.4, 0.5) is 0 Å². The number of benzene rings is 9. The Hall–Kier alpha value is -7.92. The second kappa shape index (κ2) is 12.3. The quantitative estimate of drug-likeness (QED) is 0.182. The summed E-state index contributed by atoms with van der Waals surface area (Å²) in [6.07, 6.45) is 0.